The van der Waals surface area contributed by atoms with E-state index in [9.17, 15) is 4.79 Å². The van der Waals surface area contributed by atoms with Crippen LogP contribution >= 0.6 is 15.9 Å². The number of benzene rings is 1. The second-order valence-electron chi connectivity index (χ2n) is 5.01. The molecule has 2 heterocycles. The molecule has 0 amide bonds. The summed E-state index contributed by atoms with van der Waals surface area (Å²) in [4.78, 5) is 12.8. The molecule has 5 heteroatoms. The summed E-state index contributed by atoms with van der Waals surface area (Å²) in [6.07, 6.45) is 0. The van der Waals surface area contributed by atoms with Gasteiger partial charge in [-0.15, -0.1) is 0 Å². The molecule has 1 aliphatic rings. The largest absolute Gasteiger partial charge is 0.481 e. The number of carboxylic acid groups (broad SMARTS) is 1. The monoisotopic (exact) mass is 335 g/mol. The highest BCUT2D eigenvalue weighted by Crippen LogP contribution is 2.26. The van der Waals surface area contributed by atoms with Gasteiger partial charge in [0.15, 0.2) is 0 Å². The van der Waals surface area contributed by atoms with Gasteiger partial charge in [-0.05, 0) is 24.3 Å². The van der Waals surface area contributed by atoms with Crippen molar-refractivity contribution in [2.24, 2.45) is 5.92 Å². The topological polar surface area (TPSA) is 53.7 Å². The Kier molecular flexibility index (Phi) is 3.63. The number of carbonyl (C=O) groups is 1. The minimum Gasteiger partial charge on any atom is -0.481 e. The van der Waals surface area contributed by atoms with Crippen LogP contribution in [0.4, 0.5) is 0 Å². The molecule has 0 atom stereocenters. The fourth-order valence-electron chi connectivity index (χ4n) is 2.34. The molecule has 2 aromatic rings. The summed E-state index contributed by atoms with van der Waals surface area (Å²) >= 11 is 3.44. The van der Waals surface area contributed by atoms with Crippen LogP contribution in [-0.2, 0) is 11.3 Å². The predicted molar refractivity (Wildman–Crippen MR) is 78.2 cm³/mol. The molecular weight excluding hydrogens is 322 g/mol. The van der Waals surface area contributed by atoms with E-state index in [0.29, 0.717) is 19.6 Å². The van der Waals surface area contributed by atoms with Crippen LogP contribution in [0.3, 0.4) is 0 Å². The van der Waals surface area contributed by atoms with E-state index >= 15 is 0 Å². The smallest absolute Gasteiger partial charge is 0.309 e. The number of rotatable bonds is 4. The number of hydrogen-bond donors (Lipinski definition) is 1. The molecule has 0 aliphatic carbocycles. The molecule has 0 unspecified atom stereocenters. The highest BCUT2D eigenvalue weighted by atomic mass is 79.9. The van der Waals surface area contributed by atoms with Gasteiger partial charge in [0.1, 0.15) is 11.5 Å². The number of hydrogen-bond acceptors (Lipinski definition) is 3. The summed E-state index contributed by atoms with van der Waals surface area (Å²) < 4.78 is 6.83. The first-order chi connectivity index (χ1) is 9.61. The van der Waals surface area contributed by atoms with Crippen molar-refractivity contribution < 1.29 is 14.3 Å². The van der Waals surface area contributed by atoms with Crippen molar-refractivity contribution in [1.82, 2.24) is 4.90 Å². The van der Waals surface area contributed by atoms with Crippen LogP contribution in [0.25, 0.3) is 11.3 Å². The van der Waals surface area contributed by atoms with Gasteiger partial charge in [-0.3, -0.25) is 9.69 Å². The molecule has 1 N–H and O–H groups in total. The Hall–Kier alpha value is -1.59. The van der Waals surface area contributed by atoms with Crippen molar-refractivity contribution in [2.75, 3.05) is 13.1 Å². The maximum atomic E-state index is 10.7. The molecular formula is C15H14BrNO3. The first-order valence-electron chi connectivity index (χ1n) is 6.41. The van der Waals surface area contributed by atoms with Gasteiger partial charge < -0.3 is 9.52 Å². The van der Waals surface area contributed by atoms with E-state index in [1.165, 1.54) is 0 Å². The number of nitrogens with zero attached hydrogens (tertiary/aromatic N) is 1. The van der Waals surface area contributed by atoms with Gasteiger partial charge in [-0.1, -0.05) is 28.1 Å². The van der Waals surface area contributed by atoms with Crippen LogP contribution in [0.1, 0.15) is 5.76 Å². The molecule has 1 saturated heterocycles. The zero-order chi connectivity index (χ0) is 14.1. The van der Waals surface area contributed by atoms with E-state index in [-0.39, 0.29) is 5.92 Å². The van der Waals surface area contributed by atoms with E-state index in [1.54, 1.807) is 0 Å². The number of furan rings is 1. The van der Waals surface area contributed by atoms with Crippen molar-refractivity contribution in [3.63, 3.8) is 0 Å². The Balaban J connectivity index is 1.65. The standard InChI is InChI=1S/C15H14BrNO3/c16-12-3-1-2-10(6-12)14-5-4-13(20-14)9-17-7-11(8-17)15(18)19/h1-6,11H,7-9H2,(H,18,19). The average Bonchev–Trinajstić information content (AvgIpc) is 2.81. The Morgan fingerprint density at radius 2 is 2.15 bits per heavy atom. The number of aliphatic carboxylic acids is 1. The minimum absolute atomic E-state index is 0.227. The fourth-order valence-corrected chi connectivity index (χ4v) is 2.73. The molecule has 0 saturated carbocycles. The molecule has 1 aromatic carbocycles. The summed E-state index contributed by atoms with van der Waals surface area (Å²) in [7, 11) is 0. The molecule has 0 spiro atoms. The van der Waals surface area contributed by atoms with Crippen molar-refractivity contribution in [2.45, 2.75) is 6.54 Å². The van der Waals surface area contributed by atoms with Crippen molar-refractivity contribution in [1.29, 1.82) is 0 Å². The number of likely N-dealkylation sites (tertiary alicyclic amines) is 1. The van der Waals surface area contributed by atoms with Gasteiger partial charge in [0.05, 0.1) is 12.5 Å². The lowest BCUT2D eigenvalue weighted by molar-refractivity contribution is -0.147. The van der Waals surface area contributed by atoms with E-state index in [0.717, 1.165) is 21.6 Å². The number of carboxylic acids is 1. The first kappa shape index (κ1) is 13.4. The second kappa shape index (κ2) is 5.42. The van der Waals surface area contributed by atoms with E-state index < -0.39 is 5.97 Å². The van der Waals surface area contributed by atoms with E-state index in [4.69, 9.17) is 9.52 Å². The zero-order valence-corrected chi connectivity index (χ0v) is 12.3. The molecule has 0 bridgehead atoms. The lowest BCUT2D eigenvalue weighted by atomic mass is 10.0. The van der Waals surface area contributed by atoms with Gasteiger partial charge in [0, 0.05) is 23.1 Å². The van der Waals surface area contributed by atoms with E-state index in [1.807, 2.05) is 36.4 Å². The third-order valence-electron chi connectivity index (χ3n) is 3.46. The Labute approximate surface area is 125 Å². The lowest BCUT2D eigenvalue weighted by Gasteiger charge is -2.35. The third-order valence-corrected chi connectivity index (χ3v) is 3.95. The van der Waals surface area contributed by atoms with Gasteiger partial charge in [-0.2, -0.15) is 0 Å². The van der Waals surface area contributed by atoms with Gasteiger partial charge in [0.2, 0.25) is 0 Å². The van der Waals surface area contributed by atoms with Crippen molar-refractivity contribution in [3.8, 4) is 11.3 Å². The average molecular weight is 336 g/mol. The minimum atomic E-state index is -0.712. The number of halogens is 1. The van der Waals surface area contributed by atoms with Gasteiger partial charge >= 0.3 is 5.97 Å². The first-order valence-corrected chi connectivity index (χ1v) is 7.21. The van der Waals surface area contributed by atoms with Gasteiger partial charge in [0.25, 0.3) is 0 Å². The van der Waals surface area contributed by atoms with Crippen molar-refractivity contribution in [3.05, 3.63) is 46.6 Å². The predicted octanol–water partition coefficient (Wildman–Crippen LogP) is 3.23. The molecule has 104 valence electrons. The van der Waals surface area contributed by atoms with E-state index in [2.05, 4.69) is 20.8 Å². The zero-order valence-electron chi connectivity index (χ0n) is 10.8. The normalized spacial score (nSPS) is 16.1. The third kappa shape index (κ3) is 2.78. The molecule has 4 nitrogen and oxygen atoms in total. The van der Waals surface area contributed by atoms with Crippen LogP contribution < -0.4 is 0 Å². The van der Waals surface area contributed by atoms with Crippen molar-refractivity contribution >= 4 is 21.9 Å². The molecule has 0 radical (unpaired) electrons. The Morgan fingerprint density at radius 1 is 1.35 bits per heavy atom. The summed E-state index contributed by atoms with van der Waals surface area (Å²) in [6.45, 7) is 1.86. The summed E-state index contributed by atoms with van der Waals surface area (Å²) in [6, 6.07) is 11.8. The van der Waals surface area contributed by atoms with Crippen LogP contribution in [-0.4, -0.2) is 29.1 Å². The Morgan fingerprint density at radius 3 is 2.85 bits per heavy atom. The van der Waals surface area contributed by atoms with Crippen LogP contribution in [0.5, 0.6) is 0 Å². The van der Waals surface area contributed by atoms with Gasteiger partial charge in [-0.25, -0.2) is 0 Å². The molecule has 3 rings (SSSR count). The van der Waals surface area contributed by atoms with Crippen LogP contribution in [0.2, 0.25) is 0 Å². The summed E-state index contributed by atoms with van der Waals surface area (Å²) in [5.74, 6) is 0.755. The summed E-state index contributed by atoms with van der Waals surface area (Å²) in [5, 5.41) is 8.84. The maximum Gasteiger partial charge on any atom is 0.309 e. The lowest BCUT2D eigenvalue weighted by Crippen LogP contribution is -2.49. The molecule has 1 aromatic heterocycles. The summed E-state index contributed by atoms with van der Waals surface area (Å²) in [5.41, 5.74) is 1.03. The molecule has 20 heavy (non-hydrogen) atoms. The van der Waals surface area contributed by atoms with Crippen LogP contribution in [0.15, 0.2) is 45.3 Å². The highest BCUT2D eigenvalue weighted by molar-refractivity contribution is 9.10. The fraction of sp³-hybridized carbons (Fsp3) is 0.267. The SMILES string of the molecule is O=C(O)C1CN(Cc2ccc(-c3cccc(Br)c3)o2)C1. The Bertz CT molecular complexity index is 632. The molecule has 1 fully saturated rings. The maximum absolute atomic E-state index is 10.7. The molecule has 1 aliphatic heterocycles. The second-order valence-corrected chi connectivity index (χ2v) is 5.92. The van der Waals surface area contributed by atoms with Crippen LogP contribution in [0, 0.1) is 5.92 Å². The highest BCUT2D eigenvalue weighted by Gasteiger charge is 2.32. The quantitative estimate of drug-likeness (QED) is 0.931.